The molecule has 0 saturated heterocycles. The van der Waals surface area contributed by atoms with Gasteiger partial charge in [0.25, 0.3) is 5.56 Å². The summed E-state index contributed by atoms with van der Waals surface area (Å²) < 4.78 is 0. The first-order valence-electron chi connectivity index (χ1n) is 5.98. The fraction of sp³-hybridized carbons (Fsp3) is 0.385. The smallest absolute Gasteiger partial charge is 0.258 e. The summed E-state index contributed by atoms with van der Waals surface area (Å²) >= 11 is 1.74. The molecule has 0 aliphatic rings. The van der Waals surface area contributed by atoms with Gasteiger partial charge in [-0.15, -0.1) is 0 Å². The number of aromatic nitrogens is 2. The van der Waals surface area contributed by atoms with Gasteiger partial charge in [0, 0.05) is 0 Å². The number of rotatable bonds is 5. The van der Waals surface area contributed by atoms with Crippen LogP contribution in [0.4, 0.5) is 0 Å². The molecule has 2 rings (SSSR count). The van der Waals surface area contributed by atoms with Crippen molar-refractivity contribution >= 4 is 22.7 Å². The lowest BCUT2D eigenvalue weighted by molar-refractivity contribution is 0.940. The molecule has 3 N–H and O–H groups in total. The second-order valence-electron chi connectivity index (χ2n) is 4.18. The van der Waals surface area contributed by atoms with E-state index in [1.54, 1.807) is 17.8 Å². The van der Waals surface area contributed by atoms with Gasteiger partial charge >= 0.3 is 0 Å². The molecule has 0 saturated carbocycles. The van der Waals surface area contributed by atoms with Crippen LogP contribution in [0, 0.1) is 6.92 Å². The fourth-order valence-corrected chi connectivity index (χ4v) is 2.62. The molecule has 2 aromatic rings. The van der Waals surface area contributed by atoms with Crippen LogP contribution < -0.4 is 11.3 Å². The van der Waals surface area contributed by atoms with Crippen LogP contribution >= 0.6 is 11.8 Å². The highest BCUT2D eigenvalue weighted by Crippen LogP contribution is 2.14. The van der Waals surface area contributed by atoms with Crippen LogP contribution in [0.25, 0.3) is 10.9 Å². The normalized spacial score (nSPS) is 11.0. The van der Waals surface area contributed by atoms with Crippen molar-refractivity contribution < 1.29 is 0 Å². The number of nitrogens with two attached hydrogens (primary N) is 1. The summed E-state index contributed by atoms with van der Waals surface area (Å²) in [5, 5.41) is 0.658. The van der Waals surface area contributed by atoms with E-state index in [1.165, 1.54) is 0 Å². The van der Waals surface area contributed by atoms with Crippen molar-refractivity contribution in [1.29, 1.82) is 0 Å². The standard InChI is InChI=1S/C13H17N3OS/c1-9-4-2-5-10-12(9)15-11(16-13(10)17)8-18-7-3-6-14/h2,4-5H,3,6-8,14H2,1H3,(H,15,16,17). The quantitative estimate of drug-likeness (QED) is 0.807. The van der Waals surface area contributed by atoms with Crippen LogP contribution in [0.5, 0.6) is 0 Å². The maximum atomic E-state index is 11.9. The van der Waals surface area contributed by atoms with Gasteiger partial charge in [-0.05, 0) is 37.3 Å². The van der Waals surface area contributed by atoms with Crippen LogP contribution in [-0.4, -0.2) is 22.3 Å². The number of fused-ring (bicyclic) bond motifs is 1. The number of thioether (sulfide) groups is 1. The van der Waals surface area contributed by atoms with E-state index in [-0.39, 0.29) is 5.56 Å². The molecule has 0 spiro atoms. The van der Waals surface area contributed by atoms with Crippen molar-refractivity contribution in [2.75, 3.05) is 12.3 Å². The Balaban J connectivity index is 2.25. The maximum Gasteiger partial charge on any atom is 0.258 e. The maximum absolute atomic E-state index is 11.9. The van der Waals surface area contributed by atoms with Crippen molar-refractivity contribution in [3.8, 4) is 0 Å². The summed E-state index contributed by atoms with van der Waals surface area (Å²) in [6.45, 7) is 2.67. The minimum absolute atomic E-state index is 0.0573. The Morgan fingerprint density at radius 3 is 3.06 bits per heavy atom. The van der Waals surface area contributed by atoms with E-state index in [1.807, 2.05) is 19.1 Å². The zero-order valence-corrected chi connectivity index (χ0v) is 11.2. The molecule has 0 bridgehead atoms. The van der Waals surface area contributed by atoms with Gasteiger partial charge in [0.1, 0.15) is 5.82 Å². The predicted octanol–water partition coefficient (Wildman–Crippen LogP) is 1.81. The van der Waals surface area contributed by atoms with Gasteiger partial charge in [-0.1, -0.05) is 12.1 Å². The molecule has 0 aliphatic carbocycles. The lowest BCUT2D eigenvalue weighted by Crippen LogP contribution is -2.12. The molecule has 0 atom stereocenters. The Morgan fingerprint density at radius 1 is 1.44 bits per heavy atom. The van der Waals surface area contributed by atoms with Crippen molar-refractivity contribution in [1.82, 2.24) is 9.97 Å². The number of nitrogens with one attached hydrogen (secondary N) is 1. The highest BCUT2D eigenvalue weighted by Gasteiger charge is 2.05. The Bertz CT molecular complexity index is 594. The second-order valence-corrected chi connectivity index (χ2v) is 5.28. The van der Waals surface area contributed by atoms with Crippen LogP contribution in [0.2, 0.25) is 0 Å². The first-order chi connectivity index (χ1) is 8.72. The Kier molecular flexibility index (Phi) is 4.38. The van der Waals surface area contributed by atoms with E-state index in [0.29, 0.717) is 11.9 Å². The molecular weight excluding hydrogens is 246 g/mol. The van der Waals surface area contributed by atoms with Crippen molar-refractivity contribution in [2.45, 2.75) is 19.1 Å². The molecule has 0 aliphatic heterocycles. The highest BCUT2D eigenvalue weighted by molar-refractivity contribution is 7.98. The summed E-state index contributed by atoms with van der Waals surface area (Å²) in [6, 6.07) is 5.66. The third kappa shape index (κ3) is 2.91. The average Bonchev–Trinajstić information content (AvgIpc) is 2.36. The number of H-pyrrole nitrogens is 1. The second kappa shape index (κ2) is 6.02. The Hall–Kier alpha value is -1.33. The Labute approximate surface area is 110 Å². The minimum Gasteiger partial charge on any atom is -0.330 e. The number of hydrogen-bond donors (Lipinski definition) is 2. The lowest BCUT2D eigenvalue weighted by Gasteiger charge is -2.04. The zero-order valence-electron chi connectivity index (χ0n) is 10.4. The van der Waals surface area contributed by atoms with Gasteiger partial charge in [0.15, 0.2) is 0 Å². The minimum atomic E-state index is -0.0573. The third-order valence-electron chi connectivity index (χ3n) is 2.72. The van der Waals surface area contributed by atoms with Crippen LogP contribution in [-0.2, 0) is 5.75 Å². The van der Waals surface area contributed by atoms with Crippen molar-refractivity contribution in [3.05, 3.63) is 39.9 Å². The molecule has 0 fully saturated rings. The van der Waals surface area contributed by atoms with E-state index in [2.05, 4.69) is 9.97 Å². The number of nitrogens with zero attached hydrogens (tertiary/aromatic N) is 1. The van der Waals surface area contributed by atoms with Crippen molar-refractivity contribution in [2.24, 2.45) is 5.73 Å². The topological polar surface area (TPSA) is 71.8 Å². The molecule has 0 radical (unpaired) electrons. The number of benzene rings is 1. The molecule has 1 aromatic heterocycles. The van der Waals surface area contributed by atoms with E-state index in [9.17, 15) is 4.79 Å². The SMILES string of the molecule is Cc1cccc2c(=O)[nH]c(CSCCCN)nc12. The third-order valence-corrected chi connectivity index (χ3v) is 3.77. The average molecular weight is 263 g/mol. The zero-order chi connectivity index (χ0) is 13.0. The molecule has 0 unspecified atom stereocenters. The molecule has 0 amide bonds. The summed E-state index contributed by atoms with van der Waals surface area (Å²) in [5.74, 6) is 2.45. The summed E-state index contributed by atoms with van der Waals surface area (Å²) in [4.78, 5) is 19.3. The van der Waals surface area contributed by atoms with Gasteiger partial charge < -0.3 is 10.7 Å². The largest absolute Gasteiger partial charge is 0.330 e. The van der Waals surface area contributed by atoms with E-state index in [4.69, 9.17) is 5.73 Å². The summed E-state index contributed by atoms with van der Waals surface area (Å²) in [5.41, 5.74) is 7.22. The summed E-state index contributed by atoms with van der Waals surface area (Å²) in [7, 11) is 0. The van der Waals surface area contributed by atoms with Gasteiger partial charge in [-0.25, -0.2) is 4.98 Å². The highest BCUT2D eigenvalue weighted by atomic mass is 32.2. The summed E-state index contributed by atoms with van der Waals surface area (Å²) in [6.07, 6.45) is 0.988. The first kappa shape index (κ1) is 13.1. The van der Waals surface area contributed by atoms with Gasteiger partial charge in [-0.2, -0.15) is 11.8 Å². The van der Waals surface area contributed by atoms with E-state index in [0.717, 1.165) is 34.8 Å². The van der Waals surface area contributed by atoms with E-state index < -0.39 is 0 Å². The van der Waals surface area contributed by atoms with E-state index >= 15 is 0 Å². The molecule has 5 heteroatoms. The monoisotopic (exact) mass is 263 g/mol. The van der Waals surface area contributed by atoms with Gasteiger partial charge in [0.2, 0.25) is 0 Å². The van der Waals surface area contributed by atoms with Crippen LogP contribution in [0.3, 0.4) is 0 Å². The fourth-order valence-electron chi connectivity index (χ4n) is 1.77. The van der Waals surface area contributed by atoms with Crippen LogP contribution in [0.15, 0.2) is 23.0 Å². The van der Waals surface area contributed by atoms with Crippen LogP contribution in [0.1, 0.15) is 17.8 Å². The molecule has 18 heavy (non-hydrogen) atoms. The molecule has 1 aromatic carbocycles. The van der Waals surface area contributed by atoms with Crippen molar-refractivity contribution in [3.63, 3.8) is 0 Å². The number of hydrogen-bond acceptors (Lipinski definition) is 4. The lowest BCUT2D eigenvalue weighted by atomic mass is 10.1. The van der Waals surface area contributed by atoms with Gasteiger partial charge in [0.05, 0.1) is 16.7 Å². The number of aryl methyl sites for hydroxylation is 1. The Morgan fingerprint density at radius 2 is 2.28 bits per heavy atom. The number of aromatic amines is 1. The predicted molar refractivity (Wildman–Crippen MR) is 76.9 cm³/mol. The number of para-hydroxylation sites is 1. The molecule has 96 valence electrons. The first-order valence-corrected chi connectivity index (χ1v) is 7.14. The molecule has 4 nitrogen and oxygen atoms in total. The van der Waals surface area contributed by atoms with Gasteiger partial charge in [-0.3, -0.25) is 4.79 Å². The molecule has 1 heterocycles. The molecular formula is C13H17N3OS.